The molecule has 0 bridgehead atoms. The molecule has 1 aromatic heterocycles. The molecule has 1 aliphatic carbocycles. The predicted octanol–water partition coefficient (Wildman–Crippen LogP) is 3.40. The zero-order valence-corrected chi connectivity index (χ0v) is 10.3. The van der Waals surface area contributed by atoms with Crippen LogP contribution in [-0.4, -0.2) is 10.1 Å². The molecule has 0 aromatic carbocycles. The van der Waals surface area contributed by atoms with Crippen LogP contribution in [0.2, 0.25) is 0 Å². The minimum Gasteiger partial charge on any atom is -0.385 e. The van der Waals surface area contributed by atoms with Crippen molar-refractivity contribution in [2.75, 3.05) is 0 Å². The van der Waals surface area contributed by atoms with Crippen molar-refractivity contribution in [1.29, 1.82) is 0 Å². The van der Waals surface area contributed by atoms with E-state index in [2.05, 4.69) is 4.98 Å². The van der Waals surface area contributed by atoms with Crippen molar-refractivity contribution in [2.45, 2.75) is 51.0 Å². The zero-order valence-electron chi connectivity index (χ0n) is 10.3. The molecule has 1 saturated carbocycles. The number of aliphatic hydroxyl groups is 1. The largest absolute Gasteiger partial charge is 0.385 e. The Balaban J connectivity index is 2.06. The van der Waals surface area contributed by atoms with Gasteiger partial charge >= 0.3 is 0 Å². The van der Waals surface area contributed by atoms with Gasteiger partial charge in [-0.15, -0.1) is 0 Å². The Morgan fingerprint density at radius 3 is 2.71 bits per heavy atom. The molecule has 2 nitrogen and oxygen atoms in total. The Hall–Kier alpha value is -0.960. The smallest absolute Gasteiger partial charge is 0.141 e. The summed E-state index contributed by atoms with van der Waals surface area (Å²) in [5.41, 5.74) is -0.375. The molecule has 1 atom stereocenters. The highest BCUT2D eigenvalue weighted by Gasteiger charge is 2.28. The van der Waals surface area contributed by atoms with Gasteiger partial charge in [0.05, 0.1) is 11.8 Å². The second-order valence-electron chi connectivity index (χ2n) is 5.37. The quantitative estimate of drug-likeness (QED) is 0.874. The van der Waals surface area contributed by atoms with Crippen LogP contribution in [0.1, 0.15) is 51.0 Å². The molecule has 1 aliphatic rings. The van der Waals surface area contributed by atoms with Crippen molar-refractivity contribution < 1.29 is 9.50 Å². The number of rotatable bonds is 3. The van der Waals surface area contributed by atoms with Crippen molar-refractivity contribution in [3.63, 3.8) is 0 Å². The maximum atomic E-state index is 13.1. The van der Waals surface area contributed by atoms with Crippen molar-refractivity contribution >= 4 is 0 Å². The van der Waals surface area contributed by atoms with Crippen LogP contribution < -0.4 is 0 Å². The highest BCUT2D eigenvalue weighted by molar-refractivity contribution is 5.18. The molecule has 94 valence electrons. The SMILES string of the molecule is CC(O)(CC1CCCCC1)c1cncc(F)c1. The summed E-state index contributed by atoms with van der Waals surface area (Å²) in [6.07, 6.45) is 9.60. The minimum absolute atomic E-state index is 0.383. The van der Waals surface area contributed by atoms with Gasteiger partial charge in [0.2, 0.25) is 0 Å². The van der Waals surface area contributed by atoms with Crippen molar-refractivity contribution in [2.24, 2.45) is 5.92 Å². The van der Waals surface area contributed by atoms with Gasteiger partial charge in [-0.05, 0) is 25.3 Å². The number of hydrogen-bond donors (Lipinski definition) is 1. The zero-order chi connectivity index (χ0) is 12.3. The summed E-state index contributed by atoms with van der Waals surface area (Å²) in [5, 5.41) is 10.5. The normalized spacial score (nSPS) is 21.1. The molecule has 1 fully saturated rings. The van der Waals surface area contributed by atoms with Gasteiger partial charge in [0.1, 0.15) is 5.82 Å². The molecule has 0 saturated heterocycles. The van der Waals surface area contributed by atoms with E-state index in [9.17, 15) is 9.50 Å². The van der Waals surface area contributed by atoms with Gasteiger partial charge in [-0.1, -0.05) is 32.1 Å². The highest BCUT2D eigenvalue weighted by Crippen LogP contribution is 2.35. The first-order valence-corrected chi connectivity index (χ1v) is 6.41. The van der Waals surface area contributed by atoms with Gasteiger partial charge in [0.25, 0.3) is 0 Å². The Kier molecular flexibility index (Phi) is 3.77. The molecule has 0 aliphatic heterocycles. The van der Waals surface area contributed by atoms with E-state index in [1.165, 1.54) is 44.4 Å². The molecule has 1 unspecified atom stereocenters. The van der Waals surface area contributed by atoms with Gasteiger partial charge in [0.15, 0.2) is 0 Å². The average Bonchev–Trinajstić information content (AvgIpc) is 2.30. The van der Waals surface area contributed by atoms with E-state index in [1.807, 2.05) is 0 Å². The third-order valence-electron chi connectivity index (χ3n) is 3.74. The van der Waals surface area contributed by atoms with Crippen LogP contribution in [0, 0.1) is 11.7 Å². The molecule has 1 N–H and O–H groups in total. The number of nitrogens with zero attached hydrogens (tertiary/aromatic N) is 1. The molecule has 2 rings (SSSR count). The molecular weight excluding hydrogens is 217 g/mol. The van der Waals surface area contributed by atoms with Crippen molar-refractivity contribution in [1.82, 2.24) is 4.98 Å². The monoisotopic (exact) mass is 237 g/mol. The van der Waals surface area contributed by atoms with Gasteiger partial charge in [-0.25, -0.2) is 4.39 Å². The van der Waals surface area contributed by atoms with Gasteiger partial charge in [-0.2, -0.15) is 0 Å². The van der Waals surface area contributed by atoms with Crippen molar-refractivity contribution in [3.05, 3.63) is 29.8 Å². The summed E-state index contributed by atoms with van der Waals surface area (Å²) in [6, 6.07) is 1.38. The third kappa shape index (κ3) is 3.25. The van der Waals surface area contributed by atoms with E-state index in [-0.39, 0.29) is 5.82 Å². The summed E-state index contributed by atoms with van der Waals surface area (Å²) in [6.45, 7) is 1.76. The minimum atomic E-state index is -0.961. The molecule has 17 heavy (non-hydrogen) atoms. The maximum Gasteiger partial charge on any atom is 0.141 e. The van der Waals surface area contributed by atoms with Crippen LogP contribution in [0.15, 0.2) is 18.5 Å². The summed E-state index contributed by atoms with van der Waals surface area (Å²) in [7, 11) is 0. The van der Waals surface area contributed by atoms with E-state index in [0.717, 1.165) is 0 Å². The Morgan fingerprint density at radius 2 is 2.06 bits per heavy atom. The van der Waals surface area contributed by atoms with Gasteiger partial charge in [-0.3, -0.25) is 4.98 Å². The van der Waals surface area contributed by atoms with Crippen LogP contribution in [0.3, 0.4) is 0 Å². The molecule has 0 spiro atoms. The van der Waals surface area contributed by atoms with E-state index in [4.69, 9.17) is 0 Å². The van der Waals surface area contributed by atoms with Crippen LogP contribution in [0.4, 0.5) is 4.39 Å². The summed E-state index contributed by atoms with van der Waals surface area (Å²) in [4.78, 5) is 3.81. The topological polar surface area (TPSA) is 33.1 Å². The van der Waals surface area contributed by atoms with Crippen LogP contribution >= 0.6 is 0 Å². The number of halogens is 1. The van der Waals surface area contributed by atoms with E-state index in [1.54, 1.807) is 13.1 Å². The maximum absolute atomic E-state index is 13.1. The lowest BCUT2D eigenvalue weighted by Crippen LogP contribution is -2.26. The molecule has 0 amide bonds. The second kappa shape index (κ2) is 5.13. The number of hydrogen-bond acceptors (Lipinski definition) is 2. The third-order valence-corrected chi connectivity index (χ3v) is 3.74. The molecule has 3 heteroatoms. The fraction of sp³-hybridized carbons (Fsp3) is 0.643. The van der Waals surface area contributed by atoms with Gasteiger partial charge in [0, 0.05) is 11.8 Å². The Labute approximate surface area is 102 Å². The Bertz CT molecular complexity index is 372. The van der Waals surface area contributed by atoms with Crippen LogP contribution in [-0.2, 0) is 5.60 Å². The Morgan fingerprint density at radius 1 is 1.35 bits per heavy atom. The molecular formula is C14H20FNO. The molecule has 1 aromatic rings. The lowest BCUT2D eigenvalue weighted by atomic mass is 9.79. The first kappa shape index (κ1) is 12.5. The van der Waals surface area contributed by atoms with E-state index < -0.39 is 5.60 Å². The summed E-state index contributed by atoms with van der Waals surface area (Å²) in [5.74, 6) is 0.174. The van der Waals surface area contributed by atoms with Crippen LogP contribution in [0.5, 0.6) is 0 Å². The standard InChI is InChI=1S/C14H20FNO/c1-14(17,8-11-5-3-2-4-6-11)12-7-13(15)10-16-9-12/h7,9-11,17H,2-6,8H2,1H3. The molecule has 0 radical (unpaired) electrons. The first-order valence-electron chi connectivity index (χ1n) is 6.41. The lowest BCUT2D eigenvalue weighted by molar-refractivity contribution is 0.0232. The fourth-order valence-corrected chi connectivity index (χ4v) is 2.78. The number of pyridine rings is 1. The van der Waals surface area contributed by atoms with E-state index in [0.29, 0.717) is 17.9 Å². The first-order chi connectivity index (χ1) is 8.08. The predicted molar refractivity (Wildman–Crippen MR) is 65.0 cm³/mol. The van der Waals surface area contributed by atoms with E-state index >= 15 is 0 Å². The lowest BCUT2D eigenvalue weighted by Gasteiger charge is -2.30. The summed E-state index contributed by atoms with van der Waals surface area (Å²) < 4.78 is 13.1. The average molecular weight is 237 g/mol. The second-order valence-corrected chi connectivity index (χ2v) is 5.37. The molecule has 1 heterocycles. The van der Waals surface area contributed by atoms with Crippen molar-refractivity contribution in [3.8, 4) is 0 Å². The number of aromatic nitrogens is 1. The highest BCUT2D eigenvalue weighted by atomic mass is 19.1. The van der Waals surface area contributed by atoms with Gasteiger partial charge < -0.3 is 5.11 Å². The summed E-state index contributed by atoms with van der Waals surface area (Å²) >= 11 is 0. The fourth-order valence-electron chi connectivity index (χ4n) is 2.78. The van der Waals surface area contributed by atoms with Crippen LogP contribution in [0.25, 0.3) is 0 Å².